The summed E-state index contributed by atoms with van der Waals surface area (Å²) >= 11 is 1.99. The number of benzene rings is 9. The highest BCUT2D eigenvalue weighted by Crippen LogP contribution is 2.50. The Morgan fingerprint density at radius 3 is 1.52 bits per heavy atom. The third-order valence-corrected chi connectivity index (χ3v) is 13.8. The molecule has 5 heteroatoms. The van der Waals surface area contributed by atoms with Crippen LogP contribution in [0.2, 0.25) is 0 Å². The van der Waals surface area contributed by atoms with Gasteiger partial charge >= 0.3 is 0 Å². The van der Waals surface area contributed by atoms with Crippen molar-refractivity contribution in [1.82, 2.24) is 0 Å². The van der Waals surface area contributed by atoms with Crippen LogP contribution in [0.3, 0.4) is 0 Å². The molecule has 11 aromatic rings. The van der Waals surface area contributed by atoms with Crippen LogP contribution in [0.5, 0.6) is 0 Å². The molecule has 0 N–H and O–H groups in total. The standard InChI is InChI=1S/C56H36N2O2S/c1-3-11-39(12-4-1)57(43-23-25-53-47(33-43)45-15-7-9-17-51(45)59-53)41-21-19-35-31-55-49(29-37(35)27-41)50-30-38-28-42(22-20-36(38)32-56(50)61-55)58(40-13-5-2-6-14-40)44-24-26-54-48(34-44)46-16-8-10-18-52(46)60-54/h1-34,49,55H. The largest absolute Gasteiger partial charge is 0.456 e. The van der Waals surface area contributed by atoms with Crippen molar-refractivity contribution in [2.24, 2.45) is 0 Å². The second-order valence-electron chi connectivity index (χ2n) is 16.1. The van der Waals surface area contributed by atoms with Crippen molar-refractivity contribution in [3.63, 3.8) is 0 Å². The van der Waals surface area contributed by atoms with Gasteiger partial charge in [0.05, 0.1) is 0 Å². The van der Waals surface area contributed by atoms with E-state index in [0.29, 0.717) is 5.25 Å². The fraction of sp³-hybridized carbons (Fsp3) is 0.0357. The van der Waals surface area contributed by atoms with Crippen LogP contribution in [0, 0.1) is 0 Å². The lowest BCUT2D eigenvalue weighted by molar-refractivity contribution is 0.668. The molecule has 3 heterocycles. The Balaban J connectivity index is 0.906. The highest BCUT2D eigenvalue weighted by atomic mass is 32.2. The van der Waals surface area contributed by atoms with E-state index in [-0.39, 0.29) is 5.92 Å². The van der Waals surface area contributed by atoms with Crippen LogP contribution in [0.4, 0.5) is 34.1 Å². The average Bonchev–Trinajstić information content (AvgIpc) is 3.99. The van der Waals surface area contributed by atoms with Gasteiger partial charge in [-0.1, -0.05) is 97.1 Å². The number of para-hydroxylation sites is 4. The van der Waals surface area contributed by atoms with Crippen LogP contribution < -0.4 is 20.2 Å². The predicted octanol–water partition coefficient (Wildman–Crippen LogP) is 14.4. The summed E-state index contributed by atoms with van der Waals surface area (Å²) in [4.78, 5) is 6.08. The van der Waals surface area contributed by atoms with Gasteiger partial charge < -0.3 is 18.6 Å². The van der Waals surface area contributed by atoms with Crippen LogP contribution in [-0.2, 0) is 0 Å². The third kappa shape index (κ3) is 5.62. The number of furan rings is 2. The number of nitrogens with zero attached hydrogens (tertiary/aromatic N) is 2. The zero-order valence-corrected chi connectivity index (χ0v) is 33.7. The van der Waals surface area contributed by atoms with Gasteiger partial charge in [-0.2, -0.15) is 0 Å². The van der Waals surface area contributed by atoms with Crippen LogP contribution >= 0.6 is 11.8 Å². The number of anilines is 6. The molecule has 0 spiro atoms. The van der Waals surface area contributed by atoms with E-state index in [2.05, 4.69) is 192 Å². The quantitative estimate of drug-likeness (QED) is 0.167. The van der Waals surface area contributed by atoms with Gasteiger partial charge in [-0.3, -0.25) is 0 Å². The SMILES string of the molecule is C1=c2ccc(N(c3ccccc3)c3ccc4oc5ccccc5c4c3)cc2=CC2c3cc4cc(N(c5ccccc5)c5ccc6oc7ccccc7c6c5)ccc4cc3SC12. The molecule has 0 bridgehead atoms. The first-order valence-electron chi connectivity index (χ1n) is 20.8. The maximum Gasteiger partial charge on any atom is 0.135 e. The van der Waals surface area contributed by atoms with Gasteiger partial charge in [0.25, 0.3) is 0 Å². The van der Waals surface area contributed by atoms with E-state index in [0.717, 1.165) is 78.0 Å². The third-order valence-electron chi connectivity index (χ3n) is 12.5. The predicted molar refractivity (Wildman–Crippen MR) is 255 cm³/mol. The second-order valence-corrected chi connectivity index (χ2v) is 17.3. The lowest BCUT2D eigenvalue weighted by Gasteiger charge is -2.26. The van der Waals surface area contributed by atoms with E-state index in [1.807, 2.05) is 36.0 Å². The summed E-state index contributed by atoms with van der Waals surface area (Å²) in [6.45, 7) is 0. The first-order chi connectivity index (χ1) is 30.2. The average molecular weight is 801 g/mol. The van der Waals surface area contributed by atoms with Crippen LogP contribution in [0.15, 0.2) is 208 Å². The van der Waals surface area contributed by atoms with Crippen LogP contribution in [0.1, 0.15) is 11.5 Å². The van der Waals surface area contributed by atoms with Crippen molar-refractivity contribution < 1.29 is 8.83 Å². The molecule has 2 atom stereocenters. The molecule has 0 radical (unpaired) electrons. The molecular formula is C56H36N2O2S. The summed E-state index contributed by atoms with van der Waals surface area (Å²) in [5.41, 5.74) is 11.6. The summed E-state index contributed by atoms with van der Waals surface area (Å²) in [5.74, 6) is 0.261. The fourth-order valence-electron chi connectivity index (χ4n) is 9.63. The van der Waals surface area contributed by atoms with Crippen molar-refractivity contribution >= 4 is 113 Å². The Morgan fingerprint density at radius 2 is 0.885 bits per heavy atom. The molecule has 2 unspecified atom stereocenters. The molecule has 13 rings (SSSR count). The first-order valence-corrected chi connectivity index (χ1v) is 21.7. The second kappa shape index (κ2) is 13.5. The maximum atomic E-state index is 6.22. The first kappa shape index (κ1) is 34.4. The van der Waals surface area contributed by atoms with Crippen molar-refractivity contribution in [3.05, 3.63) is 210 Å². The molecule has 4 nitrogen and oxygen atoms in total. The molecular weight excluding hydrogens is 765 g/mol. The molecule has 0 amide bonds. The van der Waals surface area contributed by atoms with Crippen LogP contribution in [0.25, 0.3) is 66.8 Å². The lowest BCUT2D eigenvalue weighted by atomic mass is 9.89. The monoisotopic (exact) mass is 800 g/mol. The van der Waals surface area contributed by atoms with E-state index in [1.165, 1.54) is 31.7 Å². The van der Waals surface area contributed by atoms with E-state index in [4.69, 9.17) is 8.83 Å². The van der Waals surface area contributed by atoms with Gasteiger partial charge in [0.15, 0.2) is 0 Å². The van der Waals surface area contributed by atoms with Crippen molar-refractivity contribution in [3.8, 4) is 0 Å². The summed E-state index contributed by atoms with van der Waals surface area (Å²) in [5, 5.41) is 9.84. The van der Waals surface area contributed by atoms with Gasteiger partial charge in [-0.15, -0.1) is 11.8 Å². The molecule has 1 aliphatic heterocycles. The van der Waals surface area contributed by atoms with E-state index < -0.39 is 0 Å². The molecule has 1 aliphatic carbocycles. The number of hydrogen-bond donors (Lipinski definition) is 0. The van der Waals surface area contributed by atoms with Gasteiger partial charge in [0.2, 0.25) is 0 Å². The van der Waals surface area contributed by atoms with Crippen molar-refractivity contribution in [2.75, 3.05) is 9.80 Å². The highest BCUT2D eigenvalue weighted by molar-refractivity contribution is 8.00. The number of thioether (sulfide) groups is 1. The van der Waals surface area contributed by atoms with E-state index >= 15 is 0 Å². The van der Waals surface area contributed by atoms with Gasteiger partial charge in [-0.25, -0.2) is 0 Å². The van der Waals surface area contributed by atoms with Gasteiger partial charge in [0.1, 0.15) is 22.3 Å². The molecule has 288 valence electrons. The zero-order chi connectivity index (χ0) is 40.0. The minimum Gasteiger partial charge on any atom is -0.456 e. The Hall–Kier alpha value is -7.47. The maximum absolute atomic E-state index is 6.22. The molecule has 2 aromatic heterocycles. The van der Waals surface area contributed by atoms with Gasteiger partial charge in [-0.05, 0) is 136 Å². The Morgan fingerprint density at radius 1 is 0.361 bits per heavy atom. The summed E-state index contributed by atoms with van der Waals surface area (Å²) in [6.07, 6.45) is 4.99. The molecule has 0 saturated heterocycles. The fourth-order valence-corrected chi connectivity index (χ4v) is 11.0. The topological polar surface area (TPSA) is 32.8 Å². The normalized spacial score (nSPS) is 15.4. The minimum absolute atomic E-state index is 0.261. The molecule has 0 fully saturated rings. The van der Waals surface area contributed by atoms with E-state index in [1.54, 1.807) is 0 Å². The smallest absolute Gasteiger partial charge is 0.135 e. The minimum atomic E-state index is 0.261. The van der Waals surface area contributed by atoms with Gasteiger partial charge in [0, 0.05) is 71.7 Å². The lowest BCUT2D eigenvalue weighted by Crippen LogP contribution is -2.32. The molecule has 9 aromatic carbocycles. The molecule has 61 heavy (non-hydrogen) atoms. The Labute approximate surface area is 355 Å². The summed E-state index contributed by atoms with van der Waals surface area (Å²) in [6, 6.07) is 69.6. The molecule has 2 aliphatic rings. The Kier molecular flexibility index (Phi) is 7.63. The molecule has 0 saturated carbocycles. The summed E-state index contributed by atoms with van der Waals surface area (Å²) in [7, 11) is 0. The number of fused-ring (bicyclic) bond motifs is 11. The highest BCUT2D eigenvalue weighted by Gasteiger charge is 2.32. The van der Waals surface area contributed by atoms with E-state index in [9.17, 15) is 0 Å². The number of hydrogen-bond acceptors (Lipinski definition) is 5. The number of rotatable bonds is 6. The van der Waals surface area contributed by atoms with Crippen molar-refractivity contribution in [2.45, 2.75) is 16.1 Å². The van der Waals surface area contributed by atoms with Crippen molar-refractivity contribution in [1.29, 1.82) is 0 Å². The zero-order valence-electron chi connectivity index (χ0n) is 32.9. The Bertz CT molecular complexity index is 3670. The van der Waals surface area contributed by atoms with Crippen LogP contribution in [-0.4, -0.2) is 5.25 Å². The summed E-state index contributed by atoms with van der Waals surface area (Å²) < 4.78 is 12.4.